The summed E-state index contributed by atoms with van der Waals surface area (Å²) >= 11 is 0. The SMILES string of the molecule is CCC(NC(=O)Cn1nc(C(F)(F)F)cc1C)c1ccccc1. The van der Waals surface area contributed by atoms with Gasteiger partial charge in [-0.3, -0.25) is 9.48 Å². The maximum atomic E-state index is 12.6. The first-order valence-corrected chi connectivity index (χ1v) is 7.27. The van der Waals surface area contributed by atoms with Crippen LogP contribution in [0.25, 0.3) is 0 Å². The summed E-state index contributed by atoms with van der Waals surface area (Å²) in [6.07, 6.45) is -3.83. The van der Waals surface area contributed by atoms with Crippen molar-refractivity contribution >= 4 is 5.91 Å². The van der Waals surface area contributed by atoms with Crippen molar-refractivity contribution in [2.45, 2.75) is 39.0 Å². The highest BCUT2D eigenvalue weighted by atomic mass is 19.4. The van der Waals surface area contributed by atoms with Gasteiger partial charge in [0.1, 0.15) is 6.54 Å². The third kappa shape index (κ3) is 4.34. The van der Waals surface area contributed by atoms with Crippen LogP contribution >= 0.6 is 0 Å². The van der Waals surface area contributed by atoms with Crippen molar-refractivity contribution in [1.29, 1.82) is 0 Å². The first kappa shape index (κ1) is 17.1. The van der Waals surface area contributed by atoms with Gasteiger partial charge in [0.15, 0.2) is 5.69 Å². The molecule has 7 heteroatoms. The second kappa shape index (κ2) is 6.85. The molecule has 0 saturated heterocycles. The fourth-order valence-corrected chi connectivity index (χ4v) is 2.29. The third-order valence-electron chi connectivity index (χ3n) is 3.51. The number of nitrogens with one attached hydrogen (secondary N) is 1. The maximum absolute atomic E-state index is 12.6. The van der Waals surface area contributed by atoms with Gasteiger partial charge in [0.25, 0.3) is 0 Å². The lowest BCUT2D eigenvalue weighted by atomic mass is 10.0. The Hall–Kier alpha value is -2.31. The molecule has 0 saturated carbocycles. The number of alkyl halides is 3. The number of carbonyl (C=O) groups is 1. The van der Waals surface area contributed by atoms with E-state index in [-0.39, 0.29) is 18.5 Å². The van der Waals surface area contributed by atoms with Gasteiger partial charge in [-0.1, -0.05) is 37.3 Å². The number of benzene rings is 1. The highest BCUT2D eigenvalue weighted by Crippen LogP contribution is 2.28. The van der Waals surface area contributed by atoms with E-state index >= 15 is 0 Å². The summed E-state index contributed by atoms with van der Waals surface area (Å²) in [6.45, 7) is 3.17. The topological polar surface area (TPSA) is 46.9 Å². The molecule has 0 aliphatic rings. The van der Waals surface area contributed by atoms with E-state index in [1.807, 2.05) is 37.3 Å². The minimum absolute atomic E-state index is 0.179. The Morgan fingerprint density at radius 3 is 2.48 bits per heavy atom. The normalized spacial score (nSPS) is 12.9. The second-order valence-electron chi connectivity index (χ2n) is 5.27. The molecule has 1 aromatic carbocycles. The van der Waals surface area contributed by atoms with Gasteiger partial charge in [-0.15, -0.1) is 0 Å². The van der Waals surface area contributed by atoms with Crippen molar-refractivity contribution in [1.82, 2.24) is 15.1 Å². The van der Waals surface area contributed by atoms with Crippen LogP contribution in [0.5, 0.6) is 0 Å². The molecule has 0 aliphatic heterocycles. The summed E-state index contributed by atoms with van der Waals surface area (Å²) in [4.78, 5) is 12.1. The van der Waals surface area contributed by atoms with Crippen LogP contribution in [0.3, 0.4) is 0 Å². The smallest absolute Gasteiger partial charge is 0.348 e. The van der Waals surface area contributed by atoms with Crippen LogP contribution in [0.4, 0.5) is 13.2 Å². The fourth-order valence-electron chi connectivity index (χ4n) is 2.29. The largest absolute Gasteiger partial charge is 0.435 e. The van der Waals surface area contributed by atoms with Crippen LogP contribution in [0, 0.1) is 6.92 Å². The predicted molar refractivity (Wildman–Crippen MR) is 79.6 cm³/mol. The van der Waals surface area contributed by atoms with Crippen LogP contribution in [-0.2, 0) is 17.5 Å². The Bertz CT molecular complexity index is 665. The molecule has 1 N–H and O–H groups in total. The Balaban J connectivity index is 2.06. The molecule has 1 aromatic heterocycles. The highest BCUT2D eigenvalue weighted by molar-refractivity contribution is 5.76. The van der Waals surface area contributed by atoms with E-state index in [4.69, 9.17) is 0 Å². The number of hydrogen-bond donors (Lipinski definition) is 1. The minimum atomic E-state index is -4.51. The molecule has 0 radical (unpaired) electrons. The van der Waals surface area contributed by atoms with Crippen LogP contribution in [0.1, 0.15) is 36.3 Å². The van der Waals surface area contributed by atoms with Crippen molar-refractivity contribution in [3.8, 4) is 0 Å². The highest BCUT2D eigenvalue weighted by Gasteiger charge is 2.34. The van der Waals surface area contributed by atoms with Crippen LogP contribution in [-0.4, -0.2) is 15.7 Å². The van der Waals surface area contributed by atoms with Crippen molar-refractivity contribution in [3.63, 3.8) is 0 Å². The number of aromatic nitrogens is 2. The number of nitrogens with zero attached hydrogens (tertiary/aromatic N) is 2. The molecule has 124 valence electrons. The molecule has 0 fully saturated rings. The summed E-state index contributed by atoms with van der Waals surface area (Å²) in [7, 11) is 0. The lowest BCUT2D eigenvalue weighted by Gasteiger charge is -2.17. The monoisotopic (exact) mass is 325 g/mol. The van der Waals surface area contributed by atoms with Gasteiger partial charge in [0.05, 0.1) is 6.04 Å². The van der Waals surface area contributed by atoms with Gasteiger partial charge in [0, 0.05) is 5.69 Å². The van der Waals surface area contributed by atoms with Gasteiger partial charge in [-0.25, -0.2) is 0 Å². The summed E-state index contributed by atoms with van der Waals surface area (Å²) in [5.41, 5.74) is 0.259. The Morgan fingerprint density at radius 2 is 1.96 bits per heavy atom. The number of amides is 1. The van der Waals surface area contributed by atoms with E-state index < -0.39 is 11.9 Å². The summed E-state index contributed by atoms with van der Waals surface area (Å²) < 4.78 is 39.0. The Morgan fingerprint density at radius 1 is 1.30 bits per heavy atom. The number of hydrogen-bond acceptors (Lipinski definition) is 2. The van der Waals surface area contributed by atoms with E-state index in [0.717, 1.165) is 16.3 Å². The average Bonchev–Trinajstić information content (AvgIpc) is 2.87. The van der Waals surface area contributed by atoms with Crippen LogP contribution < -0.4 is 5.32 Å². The molecule has 23 heavy (non-hydrogen) atoms. The van der Waals surface area contributed by atoms with Crippen LogP contribution in [0.15, 0.2) is 36.4 Å². The number of halogens is 3. The van der Waals surface area contributed by atoms with Gasteiger partial charge in [-0.2, -0.15) is 18.3 Å². The van der Waals surface area contributed by atoms with E-state index in [9.17, 15) is 18.0 Å². The molecule has 2 rings (SSSR count). The quantitative estimate of drug-likeness (QED) is 0.915. The molecule has 2 aromatic rings. The Kier molecular flexibility index (Phi) is 5.08. The lowest BCUT2D eigenvalue weighted by molar-refractivity contribution is -0.141. The second-order valence-corrected chi connectivity index (χ2v) is 5.27. The third-order valence-corrected chi connectivity index (χ3v) is 3.51. The van der Waals surface area contributed by atoms with Crippen molar-refractivity contribution < 1.29 is 18.0 Å². The molecular weight excluding hydrogens is 307 g/mol. The molecule has 1 atom stereocenters. The molecule has 0 aliphatic carbocycles. The first-order valence-electron chi connectivity index (χ1n) is 7.27. The molecule has 1 heterocycles. The number of carbonyl (C=O) groups excluding carboxylic acids is 1. The van der Waals surface area contributed by atoms with Crippen molar-refractivity contribution in [2.75, 3.05) is 0 Å². The summed E-state index contributed by atoms with van der Waals surface area (Å²) in [5, 5.41) is 6.28. The molecule has 4 nitrogen and oxygen atoms in total. The molecule has 1 unspecified atom stereocenters. The van der Waals surface area contributed by atoms with Gasteiger partial charge < -0.3 is 5.32 Å². The van der Waals surface area contributed by atoms with Gasteiger partial charge >= 0.3 is 6.18 Å². The van der Waals surface area contributed by atoms with Crippen molar-refractivity contribution in [3.05, 3.63) is 53.3 Å². The standard InChI is InChI=1S/C16H18F3N3O/c1-3-13(12-7-5-4-6-8-12)20-15(23)10-22-11(2)9-14(21-22)16(17,18)19/h4-9,13H,3,10H2,1-2H3,(H,20,23). The van der Waals surface area contributed by atoms with E-state index in [1.54, 1.807) is 0 Å². The zero-order chi connectivity index (χ0) is 17.0. The number of rotatable bonds is 5. The lowest BCUT2D eigenvalue weighted by Crippen LogP contribution is -2.32. The number of aryl methyl sites for hydroxylation is 1. The fraction of sp³-hybridized carbons (Fsp3) is 0.375. The van der Waals surface area contributed by atoms with E-state index in [2.05, 4.69) is 10.4 Å². The zero-order valence-electron chi connectivity index (χ0n) is 12.9. The molecule has 0 bridgehead atoms. The predicted octanol–water partition coefficient (Wildman–Crippen LogP) is 3.48. The van der Waals surface area contributed by atoms with Crippen molar-refractivity contribution in [2.24, 2.45) is 0 Å². The van der Waals surface area contributed by atoms with E-state index in [0.29, 0.717) is 12.1 Å². The van der Waals surface area contributed by atoms with Gasteiger partial charge in [-0.05, 0) is 25.0 Å². The Labute approximate surface area is 132 Å². The minimum Gasteiger partial charge on any atom is -0.348 e. The summed E-state index contributed by atoms with van der Waals surface area (Å²) in [5.74, 6) is -0.374. The van der Waals surface area contributed by atoms with Gasteiger partial charge in [0.2, 0.25) is 5.91 Å². The summed E-state index contributed by atoms with van der Waals surface area (Å²) in [6, 6.07) is 10.2. The van der Waals surface area contributed by atoms with E-state index in [1.165, 1.54) is 6.92 Å². The average molecular weight is 325 g/mol. The molecule has 1 amide bonds. The maximum Gasteiger partial charge on any atom is 0.435 e. The molecule has 0 spiro atoms. The molecular formula is C16H18F3N3O. The zero-order valence-corrected chi connectivity index (χ0v) is 12.9. The van der Waals surface area contributed by atoms with Crippen LogP contribution in [0.2, 0.25) is 0 Å². The first-order chi connectivity index (χ1) is 10.8.